The third kappa shape index (κ3) is 2.96. The van der Waals surface area contributed by atoms with Crippen molar-refractivity contribution in [3.8, 4) is 5.75 Å². The van der Waals surface area contributed by atoms with Gasteiger partial charge in [-0.25, -0.2) is 0 Å². The van der Waals surface area contributed by atoms with Crippen molar-refractivity contribution in [2.24, 2.45) is 0 Å². The maximum atomic E-state index is 10.2. The van der Waals surface area contributed by atoms with Crippen LogP contribution in [0.1, 0.15) is 39.7 Å². The molecule has 0 saturated carbocycles. The first kappa shape index (κ1) is 12.1. The Morgan fingerprint density at radius 2 is 1.93 bits per heavy atom. The molecule has 2 nitrogen and oxygen atoms in total. The Morgan fingerprint density at radius 3 is 2.47 bits per heavy atom. The molecule has 0 heterocycles. The number of rotatable bonds is 4. The Kier molecular flexibility index (Phi) is 3.75. The van der Waals surface area contributed by atoms with Gasteiger partial charge in [-0.2, -0.15) is 0 Å². The largest absolute Gasteiger partial charge is 0.491 e. The number of ether oxygens (including phenoxy) is 1. The van der Waals surface area contributed by atoms with Crippen LogP contribution < -0.4 is 4.74 Å². The number of benzene rings is 1. The lowest BCUT2D eigenvalue weighted by molar-refractivity contribution is 0.0486. The van der Waals surface area contributed by atoms with E-state index in [1.807, 2.05) is 52.0 Å². The molecule has 0 aromatic heterocycles. The van der Waals surface area contributed by atoms with Gasteiger partial charge in [-0.05, 0) is 33.3 Å². The minimum Gasteiger partial charge on any atom is -0.491 e. The first-order valence-electron chi connectivity index (χ1n) is 5.46. The van der Waals surface area contributed by atoms with Crippen LogP contribution in [-0.4, -0.2) is 11.2 Å². The number of hydrogen-bond donors (Lipinski definition) is 1. The molecule has 1 unspecified atom stereocenters. The first-order chi connectivity index (χ1) is 6.97. The van der Waals surface area contributed by atoms with E-state index < -0.39 is 5.60 Å². The average Bonchev–Trinajstić information content (AvgIpc) is 2.17. The zero-order chi connectivity index (χ0) is 11.5. The van der Waals surface area contributed by atoms with Crippen molar-refractivity contribution in [3.63, 3.8) is 0 Å². The molecule has 0 bridgehead atoms. The van der Waals surface area contributed by atoms with Crippen molar-refractivity contribution in [3.05, 3.63) is 29.8 Å². The van der Waals surface area contributed by atoms with Crippen LogP contribution in [0.15, 0.2) is 24.3 Å². The molecule has 0 fully saturated rings. The van der Waals surface area contributed by atoms with Crippen molar-refractivity contribution in [1.82, 2.24) is 0 Å². The number of para-hydroxylation sites is 1. The molecule has 0 aliphatic rings. The van der Waals surface area contributed by atoms with Gasteiger partial charge in [0.25, 0.3) is 0 Å². The standard InChI is InChI=1S/C13H20O2/c1-5-13(4,14)11-8-6-7-9-12(11)15-10(2)3/h6-10,14H,5H2,1-4H3. The smallest absolute Gasteiger partial charge is 0.125 e. The highest BCUT2D eigenvalue weighted by molar-refractivity contribution is 5.37. The van der Waals surface area contributed by atoms with Crippen molar-refractivity contribution in [2.75, 3.05) is 0 Å². The van der Waals surface area contributed by atoms with Crippen LogP contribution in [0.4, 0.5) is 0 Å². The second-order valence-electron chi connectivity index (χ2n) is 4.29. The van der Waals surface area contributed by atoms with Crippen molar-refractivity contribution in [1.29, 1.82) is 0 Å². The molecular weight excluding hydrogens is 188 g/mol. The van der Waals surface area contributed by atoms with Gasteiger partial charge in [0.1, 0.15) is 5.75 Å². The monoisotopic (exact) mass is 208 g/mol. The molecule has 1 atom stereocenters. The first-order valence-corrected chi connectivity index (χ1v) is 5.46. The topological polar surface area (TPSA) is 29.5 Å². The summed E-state index contributed by atoms with van der Waals surface area (Å²) in [5, 5.41) is 10.2. The molecule has 2 heteroatoms. The van der Waals surface area contributed by atoms with Gasteiger partial charge in [0.2, 0.25) is 0 Å². The summed E-state index contributed by atoms with van der Waals surface area (Å²) in [4.78, 5) is 0. The predicted molar refractivity (Wildman–Crippen MR) is 62.1 cm³/mol. The van der Waals surface area contributed by atoms with E-state index in [0.29, 0.717) is 6.42 Å². The molecule has 1 aromatic rings. The van der Waals surface area contributed by atoms with Crippen molar-refractivity contribution < 1.29 is 9.84 Å². The second kappa shape index (κ2) is 4.67. The van der Waals surface area contributed by atoms with E-state index in [-0.39, 0.29) is 6.10 Å². The summed E-state index contributed by atoms with van der Waals surface area (Å²) in [5.41, 5.74) is 0.0482. The zero-order valence-corrected chi connectivity index (χ0v) is 9.95. The molecule has 84 valence electrons. The summed E-state index contributed by atoms with van der Waals surface area (Å²) in [6.45, 7) is 7.75. The fraction of sp³-hybridized carbons (Fsp3) is 0.538. The maximum Gasteiger partial charge on any atom is 0.125 e. The quantitative estimate of drug-likeness (QED) is 0.824. The highest BCUT2D eigenvalue weighted by Gasteiger charge is 2.24. The van der Waals surface area contributed by atoms with E-state index in [0.717, 1.165) is 11.3 Å². The summed E-state index contributed by atoms with van der Waals surface area (Å²) in [6, 6.07) is 7.67. The highest BCUT2D eigenvalue weighted by atomic mass is 16.5. The fourth-order valence-corrected chi connectivity index (χ4v) is 1.46. The molecule has 0 amide bonds. The molecule has 1 aromatic carbocycles. The van der Waals surface area contributed by atoms with E-state index in [2.05, 4.69) is 0 Å². The molecule has 0 aliphatic heterocycles. The number of aliphatic hydroxyl groups is 1. The van der Waals surface area contributed by atoms with E-state index >= 15 is 0 Å². The van der Waals surface area contributed by atoms with Gasteiger partial charge < -0.3 is 9.84 Å². The molecule has 0 radical (unpaired) electrons. The van der Waals surface area contributed by atoms with Crippen LogP contribution in [0.25, 0.3) is 0 Å². The molecule has 15 heavy (non-hydrogen) atoms. The van der Waals surface area contributed by atoms with E-state index in [4.69, 9.17) is 4.74 Å². The SMILES string of the molecule is CCC(C)(O)c1ccccc1OC(C)C. The van der Waals surface area contributed by atoms with Crippen LogP contribution in [-0.2, 0) is 5.60 Å². The molecule has 0 aliphatic carbocycles. The van der Waals surface area contributed by atoms with Crippen molar-refractivity contribution >= 4 is 0 Å². The zero-order valence-electron chi connectivity index (χ0n) is 9.95. The van der Waals surface area contributed by atoms with Crippen LogP contribution in [0, 0.1) is 0 Å². The molecule has 1 N–H and O–H groups in total. The van der Waals surface area contributed by atoms with Gasteiger partial charge in [0, 0.05) is 5.56 Å². The Morgan fingerprint density at radius 1 is 1.33 bits per heavy atom. The van der Waals surface area contributed by atoms with Crippen LogP contribution >= 0.6 is 0 Å². The normalized spacial score (nSPS) is 15.1. The van der Waals surface area contributed by atoms with Crippen LogP contribution in [0.3, 0.4) is 0 Å². The maximum absolute atomic E-state index is 10.2. The third-order valence-electron chi connectivity index (χ3n) is 2.52. The average molecular weight is 208 g/mol. The second-order valence-corrected chi connectivity index (χ2v) is 4.29. The molecular formula is C13H20O2. The predicted octanol–water partition coefficient (Wildman–Crippen LogP) is 3.09. The Balaban J connectivity index is 3.06. The van der Waals surface area contributed by atoms with Crippen LogP contribution in [0.5, 0.6) is 5.75 Å². The summed E-state index contributed by atoms with van der Waals surface area (Å²) in [7, 11) is 0. The van der Waals surface area contributed by atoms with E-state index in [1.165, 1.54) is 0 Å². The fourth-order valence-electron chi connectivity index (χ4n) is 1.46. The summed E-state index contributed by atoms with van der Waals surface area (Å²) < 4.78 is 5.67. The van der Waals surface area contributed by atoms with Crippen molar-refractivity contribution in [2.45, 2.75) is 45.8 Å². The summed E-state index contributed by atoms with van der Waals surface area (Å²) in [5.74, 6) is 0.777. The Bertz CT molecular complexity index is 316. The summed E-state index contributed by atoms with van der Waals surface area (Å²) in [6.07, 6.45) is 0.796. The van der Waals surface area contributed by atoms with E-state index in [1.54, 1.807) is 0 Å². The Labute approximate surface area is 91.9 Å². The molecule has 0 spiro atoms. The van der Waals surface area contributed by atoms with Gasteiger partial charge in [-0.15, -0.1) is 0 Å². The lowest BCUT2D eigenvalue weighted by atomic mass is 9.92. The van der Waals surface area contributed by atoms with Gasteiger partial charge in [-0.3, -0.25) is 0 Å². The van der Waals surface area contributed by atoms with Gasteiger partial charge >= 0.3 is 0 Å². The lowest BCUT2D eigenvalue weighted by Gasteiger charge is -2.25. The number of hydrogen-bond acceptors (Lipinski definition) is 2. The van der Waals surface area contributed by atoms with Gasteiger partial charge in [0.15, 0.2) is 0 Å². The molecule has 0 saturated heterocycles. The minimum absolute atomic E-state index is 0.124. The van der Waals surface area contributed by atoms with E-state index in [9.17, 15) is 5.11 Å². The lowest BCUT2D eigenvalue weighted by Crippen LogP contribution is -2.21. The minimum atomic E-state index is -0.814. The highest BCUT2D eigenvalue weighted by Crippen LogP contribution is 2.32. The van der Waals surface area contributed by atoms with Gasteiger partial charge in [-0.1, -0.05) is 25.1 Å². The Hall–Kier alpha value is -1.02. The third-order valence-corrected chi connectivity index (χ3v) is 2.52. The molecule has 1 rings (SSSR count). The van der Waals surface area contributed by atoms with Gasteiger partial charge in [0.05, 0.1) is 11.7 Å². The van der Waals surface area contributed by atoms with Crippen LogP contribution in [0.2, 0.25) is 0 Å². The summed E-state index contributed by atoms with van der Waals surface area (Å²) >= 11 is 0.